The molecule has 84 valence electrons. The van der Waals surface area contributed by atoms with Crippen molar-refractivity contribution in [3.05, 3.63) is 41.6 Å². The molecule has 0 atom stereocenters. The molecule has 0 spiro atoms. The van der Waals surface area contributed by atoms with Gasteiger partial charge < -0.3 is 0 Å². The van der Waals surface area contributed by atoms with E-state index in [4.69, 9.17) is 0 Å². The number of hydrogen-bond donors (Lipinski definition) is 0. The molecular weight excluding hydrogens is 210 g/mol. The number of nitrogens with zero attached hydrogens (tertiary/aromatic N) is 3. The molecule has 3 rings (SSSR count). The second-order valence-corrected chi connectivity index (χ2v) is 4.35. The molecule has 0 aliphatic carbocycles. The number of aromatic nitrogens is 2. The van der Waals surface area contributed by atoms with Gasteiger partial charge in [-0.15, -0.1) is 0 Å². The van der Waals surface area contributed by atoms with E-state index in [1.807, 2.05) is 29.1 Å². The van der Waals surface area contributed by atoms with Gasteiger partial charge in [-0.25, -0.2) is 0 Å². The maximum atomic E-state index is 9.24. The Hall–Kier alpha value is -2.08. The molecule has 0 radical (unpaired) electrons. The molecule has 0 unspecified atom stereocenters. The normalized spacial score (nSPS) is 14.1. The Morgan fingerprint density at radius 1 is 1.24 bits per heavy atom. The van der Waals surface area contributed by atoms with Gasteiger partial charge in [-0.2, -0.15) is 10.4 Å². The van der Waals surface area contributed by atoms with E-state index in [0.717, 1.165) is 42.6 Å². The van der Waals surface area contributed by atoms with Crippen molar-refractivity contribution in [2.24, 2.45) is 0 Å². The van der Waals surface area contributed by atoms with Gasteiger partial charge in [0.2, 0.25) is 0 Å². The van der Waals surface area contributed by atoms with Crippen molar-refractivity contribution in [3.63, 3.8) is 0 Å². The summed E-state index contributed by atoms with van der Waals surface area (Å²) in [5, 5.41) is 13.6. The van der Waals surface area contributed by atoms with Gasteiger partial charge in [0.1, 0.15) is 0 Å². The molecule has 1 aliphatic rings. The largest absolute Gasteiger partial charge is 0.265 e. The predicted octanol–water partition coefficient (Wildman–Crippen LogP) is 2.76. The molecule has 0 N–H and O–H groups in total. The summed E-state index contributed by atoms with van der Waals surface area (Å²) in [6.45, 7) is 0.946. The molecule has 0 amide bonds. The van der Waals surface area contributed by atoms with Gasteiger partial charge in [0.25, 0.3) is 0 Å². The highest BCUT2D eigenvalue weighted by Gasteiger charge is 2.16. The third-order valence-electron chi connectivity index (χ3n) is 3.31. The van der Waals surface area contributed by atoms with Gasteiger partial charge in [0.15, 0.2) is 0 Å². The molecule has 2 heterocycles. The van der Waals surface area contributed by atoms with Gasteiger partial charge in [0.05, 0.1) is 17.3 Å². The lowest BCUT2D eigenvalue weighted by atomic mass is 9.94. The Morgan fingerprint density at radius 3 is 3.06 bits per heavy atom. The van der Waals surface area contributed by atoms with E-state index in [1.165, 1.54) is 5.56 Å². The minimum absolute atomic E-state index is 0.756. The Labute approximate surface area is 100 Å². The Morgan fingerprint density at radius 2 is 2.18 bits per heavy atom. The standard InChI is InChI=1S/C14H13N3/c15-10-12-6-3-5-11-4-1-2-9-17-13(14(11)12)7-8-16-17/h3,5-8H,1-2,4,9H2. The molecule has 0 bridgehead atoms. The van der Waals surface area contributed by atoms with Gasteiger partial charge in [0, 0.05) is 18.3 Å². The van der Waals surface area contributed by atoms with Crippen LogP contribution in [0.1, 0.15) is 24.0 Å². The van der Waals surface area contributed by atoms with Crippen LogP contribution < -0.4 is 0 Å². The summed E-state index contributed by atoms with van der Waals surface area (Å²) in [7, 11) is 0. The zero-order valence-corrected chi connectivity index (χ0v) is 9.56. The lowest BCUT2D eigenvalue weighted by Crippen LogP contribution is -2.08. The third-order valence-corrected chi connectivity index (χ3v) is 3.31. The number of benzene rings is 1. The van der Waals surface area contributed by atoms with Crippen LogP contribution in [-0.2, 0) is 13.0 Å². The minimum Gasteiger partial charge on any atom is -0.265 e. The van der Waals surface area contributed by atoms with E-state index in [2.05, 4.69) is 17.2 Å². The van der Waals surface area contributed by atoms with Crippen molar-refractivity contribution in [1.82, 2.24) is 9.78 Å². The highest BCUT2D eigenvalue weighted by molar-refractivity contribution is 5.71. The average molecular weight is 223 g/mol. The lowest BCUT2D eigenvalue weighted by Gasteiger charge is -2.16. The number of aryl methyl sites for hydroxylation is 2. The first-order valence-corrected chi connectivity index (χ1v) is 5.94. The number of nitriles is 1. The molecule has 0 fully saturated rings. The van der Waals surface area contributed by atoms with Crippen molar-refractivity contribution < 1.29 is 0 Å². The van der Waals surface area contributed by atoms with E-state index in [-0.39, 0.29) is 0 Å². The fourth-order valence-electron chi connectivity index (χ4n) is 2.50. The Kier molecular flexibility index (Phi) is 2.41. The first-order chi connectivity index (χ1) is 8.40. The van der Waals surface area contributed by atoms with E-state index in [9.17, 15) is 5.26 Å². The van der Waals surface area contributed by atoms with Crippen molar-refractivity contribution in [3.8, 4) is 17.3 Å². The minimum atomic E-state index is 0.756. The van der Waals surface area contributed by atoms with Crippen molar-refractivity contribution >= 4 is 0 Å². The average Bonchev–Trinajstić information content (AvgIpc) is 2.78. The molecule has 3 heteroatoms. The van der Waals surface area contributed by atoms with E-state index >= 15 is 0 Å². The predicted molar refractivity (Wildman–Crippen MR) is 65.3 cm³/mol. The summed E-state index contributed by atoms with van der Waals surface area (Å²) >= 11 is 0. The summed E-state index contributed by atoms with van der Waals surface area (Å²) in [5.74, 6) is 0. The first kappa shape index (κ1) is 10.1. The van der Waals surface area contributed by atoms with E-state index in [1.54, 1.807) is 0 Å². The van der Waals surface area contributed by atoms with Crippen molar-refractivity contribution in [1.29, 1.82) is 5.26 Å². The zero-order valence-electron chi connectivity index (χ0n) is 9.56. The smallest absolute Gasteiger partial charge is 0.0998 e. The lowest BCUT2D eigenvalue weighted by molar-refractivity contribution is 0.555. The van der Waals surface area contributed by atoms with Crippen LogP contribution in [0.3, 0.4) is 0 Å². The molecule has 2 aromatic rings. The maximum absolute atomic E-state index is 9.24. The van der Waals surface area contributed by atoms with E-state index in [0.29, 0.717) is 0 Å². The van der Waals surface area contributed by atoms with Gasteiger partial charge >= 0.3 is 0 Å². The number of fused-ring (bicyclic) bond motifs is 3. The summed E-state index contributed by atoms with van der Waals surface area (Å²) in [5.41, 5.74) is 4.18. The molecular formula is C14H13N3. The van der Waals surface area contributed by atoms with Crippen LogP contribution in [0.25, 0.3) is 11.3 Å². The van der Waals surface area contributed by atoms with Crippen LogP contribution in [0.5, 0.6) is 0 Å². The molecule has 17 heavy (non-hydrogen) atoms. The van der Waals surface area contributed by atoms with Gasteiger partial charge in [-0.05, 0) is 37.0 Å². The second kappa shape index (κ2) is 4.06. The molecule has 1 aromatic heterocycles. The highest BCUT2D eigenvalue weighted by atomic mass is 15.3. The third kappa shape index (κ3) is 1.62. The van der Waals surface area contributed by atoms with Crippen LogP contribution in [-0.4, -0.2) is 9.78 Å². The molecule has 1 aliphatic heterocycles. The SMILES string of the molecule is N#Cc1cccc2c1-c1ccnn1CCCC2. The Balaban J connectivity index is 2.29. The van der Waals surface area contributed by atoms with Gasteiger partial charge in [-0.3, -0.25) is 4.68 Å². The summed E-state index contributed by atoms with van der Waals surface area (Å²) in [4.78, 5) is 0. The quantitative estimate of drug-likeness (QED) is 0.689. The topological polar surface area (TPSA) is 41.6 Å². The van der Waals surface area contributed by atoms with Crippen LogP contribution in [0, 0.1) is 11.3 Å². The zero-order chi connectivity index (χ0) is 11.7. The van der Waals surface area contributed by atoms with Crippen molar-refractivity contribution in [2.75, 3.05) is 0 Å². The summed E-state index contributed by atoms with van der Waals surface area (Å²) < 4.78 is 2.01. The monoisotopic (exact) mass is 223 g/mol. The maximum Gasteiger partial charge on any atom is 0.0998 e. The first-order valence-electron chi connectivity index (χ1n) is 5.94. The Bertz CT molecular complexity index is 590. The molecule has 0 saturated carbocycles. The van der Waals surface area contributed by atoms with Crippen molar-refractivity contribution in [2.45, 2.75) is 25.8 Å². The number of rotatable bonds is 0. The fraction of sp³-hybridized carbons (Fsp3) is 0.286. The number of hydrogen-bond acceptors (Lipinski definition) is 2. The second-order valence-electron chi connectivity index (χ2n) is 4.35. The fourth-order valence-corrected chi connectivity index (χ4v) is 2.50. The highest BCUT2D eigenvalue weighted by Crippen LogP contribution is 2.30. The van der Waals surface area contributed by atoms with Crippen LogP contribution in [0.2, 0.25) is 0 Å². The summed E-state index contributed by atoms with van der Waals surface area (Å²) in [6.07, 6.45) is 5.17. The molecule has 0 saturated heterocycles. The molecule has 3 nitrogen and oxygen atoms in total. The van der Waals surface area contributed by atoms with E-state index < -0.39 is 0 Å². The summed E-state index contributed by atoms with van der Waals surface area (Å²) in [6, 6.07) is 10.3. The van der Waals surface area contributed by atoms with Gasteiger partial charge in [-0.1, -0.05) is 12.1 Å². The van der Waals surface area contributed by atoms with Crippen LogP contribution in [0.4, 0.5) is 0 Å². The molecule has 1 aromatic carbocycles. The van der Waals surface area contributed by atoms with Crippen LogP contribution in [0.15, 0.2) is 30.5 Å². The van der Waals surface area contributed by atoms with Crippen LogP contribution >= 0.6 is 0 Å².